The van der Waals surface area contributed by atoms with Gasteiger partial charge in [-0.3, -0.25) is 62.3 Å². The van der Waals surface area contributed by atoms with E-state index in [0.717, 1.165) is 48.5 Å². The number of ketones is 6. The molecule has 0 radical (unpaired) electrons. The third-order valence-corrected chi connectivity index (χ3v) is 14.8. The Kier molecular flexibility index (Phi) is 38.7. The molecule has 0 aliphatic carbocycles. The molecule has 0 aromatic rings. The SMILES string of the molecule is CC(CO)C(=O)NC(C(=O)CC(CO)C(=O)NC(C(=O)CC(CO)C(=O)NC(C(=O)CC(CO)C(=O)NC(C(=O)CC(CO)C(=O)NC(C(=O)CC(CO)C(=O)NC(C(=O)CC(CO)C(=O)NC(C(=O)O)C(C)O)C(C)O)C(C)O)C(C)O)C(C)O)C(C)O)C(C)O. The first-order valence-corrected chi connectivity index (χ1v) is 29.3. The minimum Gasteiger partial charge on any atom is -0.480 e. The molecular weight excluding hydrogens is 1230 g/mol. The van der Waals surface area contributed by atoms with Crippen molar-refractivity contribution < 1.29 is 144 Å². The highest BCUT2D eigenvalue weighted by molar-refractivity contribution is 6.00. The molecule has 7 amide bonds. The van der Waals surface area contributed by atoms with Gasteiger partial charge in [0.15, 0.2) is 40.7 Å². The van der Waals surface area contributed by atoms with Crippen molar-refractivity contribution in [1.82, 2.24) is 37.2 Å². The lowest BCUT2D eigenvalue weighted by molar-refractivity contribution is -0.146. The highest BCUT2D eigenvalue weighted by Crippen LogP contribution is 2.19. The van der Waals surface area contributed by atoms with Gasteiger partial charge < -0.3 is 114 Å². The number of aliphatic carboxylic acids is 1. The van der Waals surface area contributed by atoms with E-state index in [1.165, 1.54) is 6.92 Å². The van der Waals surface area contributed by atoms with Crippen LogP contribution in [0.3, 0.4) is 0 Å². The number of rotatable bonds is 47. The fourth-order valence-corrected chi connectivity index (χ4v) is 8.87. The quantitative estimate of drug-likeness (QED) is 0.0269. The summed E-state index contributed by atoms with van der Waals surface area (Å²) in [6.45, 7) is 1.26. The predicted molar refractivity (Wildman–Crippen MR) is 310 cm³/mol. The Bertz CT molecular complexity index is 2510. The van der Waals surface area contributed by atoms with Crippen LogP contribution in [0.2, 0.25) is 0 Å². The number of carbonyl (C=O) groups excluding carboxylic acids is 13. The van der Waals surface area contributed by atoms with Crippen molar-refractivity contribution in [3.63, 3.8) is 0 Å². The van der Waals surface area contributed by atoms with Gasteiger partial charge in [0, 0.05) is 38.5 Å². The zero-order valence-electron chi connectivity index (χ0n) is 52.2. The average Bonchev–Trinajstić information content (AvgIpc) is 1.11. The van der Waals surface area contributed by atoms with Crippen LogP contribution >= 0.6 is 0 Å². The molecule has 526 valence electrons. The number of carboxylic acid groups (broad SMARTS) is 1. The molecule has 0 aromatic heterocycles. The first-order chi connectivity index (χ1) is 42.7. The van der Waals surface area contributed by atoms with Crippen LogP contribution in [0.25, 0.3) is 0 Å². The smallest absolute Gasteiger partial charge is 0.328 e. The molecule has 0 bridgehead atoms. The maximum absolute atomic E-state index is 13.6. The van der Waals surface area contributed by atoms with E-state index in [1.807, 2.05) is 5.32 Å². The molecule has 0 aliphatic heterocycles. The predicted octanol–water partition coefficient (Wildman–Crippen LogP) is -10.8. The third kappa shape index (κ3) is 27.4. The number of amides is 7. The summed E-state index contributed by atoms with van der Waals surface area (Å²) in [6.07, 6.45) is -17.7. The van der Waals surface area contributed by atoms with Gasteiger partial charge in [0.25, 0.3) is 0 Å². The summed E-state index contributed by atoms with van der Waals surface area (Å²) in [5, 5.41) is 166. The summed E-state index contributed by atoms with van der Waals surface area (Å²) in [5.41, 5.74) is 0. The fourth-order valence-electron chi connectivity index (χ4n) is 8.87. The lowest BCUT2D eigenvalue weighted by Crippen LogP contribution is -2.55. The van der Waals surface area contributed by atoms with Gasteiger partial charge in [-0.1, -0.05) is 6.92 Å². The molecule has 0 fully saturated rings. The van der Waals surface area contributed by atoms with Gasteiger partial charge in [0.2, 0.25) is 41.4 Å². The lowest BCUT2D eigenvalue weighted by Gasteiger charge is -2.28. The second-order valence-corrected chi connectivity index (χ2v) is 22.8. The number of aliphatic hydroxyl groups excluding tert-OH is 14. The molecule has 0 aliphatic rings. The van der Waals surface area contributed by atoms with Gasteiger partial charge in [-0.15, -0.1) is 0 Å². The van der Waals surface area contributed by atoms with Crippen LogP contribution in [0.15, 0.2) is 0 Å². The van der Waals surface area contributed by atoms with E-state index in [1.54, 1.807) is 0 Å². The van der Waals surface area contributed by atoms with Crippen molar-refractivity contribution in [2.45, 2.75) is 179 Å². The summed E-state index contributed by atoms with van der Waals surface area (Å²) in [4.78, 5) is 184. The number of carboxylic acids is 1. The van der Waals surface area contributed by atoms with Crippen LogP contribution in [0, 0.1) is 41.4 Å². The number of aliphatic hydroxyl groups is 14. The summed E-state index contributed by atoms with van der Waals surface area (Å²) < 4.78 is 0. The van der Waals surface area contributed by atoms with Gasteiger partial charge in [0.1, 0.15) is 36.3 Å². The normalized spacial score (nSPS) is 18.4. The van der Waals surface area contributed by atoms with Crippen LogP contribution in [0.1, 0.15) is 93.9 Å². The van der Waals surface area contributed by atoms with Crippen molar-refractivity contribution in [1.29, 1.82) is 0 Å². The zero-order valence-corrected chi connectivity index (χ0v) is 52.2. The molecule has 0 saturated heterocycles. The molecule has 92 heavy (non-hydrogen) atoms. The van der Waals surface area contributed by atoms with Crippen molar-refractivity contribution in [2.75, 3.05) is 46.2 Å². The average molecular weight is 1330 g/mol. The monoisotopic (exact) mass is 1330 g/mol. The number of hydrogen-bond donors (Lipinski definition) is 22. The molecule has 0 heterocycles. The van der Waals surface area contributed by atoms with Crippen molar-refractivity contribution in [3.8, 4) is 0 Å². The van der Waals surface area contributed by atoms with E-state index in [2.05, 4.69) is 31.9 Å². The van der Waals surface area contributed by atoms with Crippen LogP contribution in [-0.4, -0.2) is 290 Å². The Morgan fingerprint density at radius 1 is 0.239 bits per heavy atom. The van der Waals surface area contributed by atoms with E-state index in [4.69, 9.17) is 0 Å². The van der Waals surface area contributed by atoms with Gasteiger partial charge >= 0.3 is 5.97 Å². The summed E-state index contributed by atoms with van der Waals surface area (Å²) in [6, 6.07) is -13.1. The van der Waals surface area contributed by atoms with E-state index in [0.29, 0.717) is 0 Å². The minimum atomic E-state index is -1.97. The second kappa shape index (κ2) is 41.7. The first-order valence-electron chi connectivity index (χ1n) is 29.3. The highest BCUT2D eigenvalue weighted by atomic mass is 16.4. The second-order valence-electron chi connectivity index (χ2n) is 22.8. The van der Waals surface area contributed by atoms with E-state index < -0.39 is 293 Å². The first kappa shape index (κ1) is 85.2. The fraction of sp³-hybridized carbons (Fsp3) is 0.750. The van der Waals surface area contributed by atoms with Crippen LogP contribution < -0.4 is 37.2 Å². The maximum Gasteiger partial charge on any atom is 0.328 e. The van der Waals surface area contributed by atoms with Gasteiger partial charge in [-0.05, 0) is 48.5 Å². The molecule has 36 nitrogen and oxygen atoms in total. The zero-order chi connectivity index (χ0) is 71.3. The van der Waals surface area contributed by atoms with Crippen molar-refractivity contribution >= 4 is 82.0 Å². The molecule has 0 spiro atoms. The topological polar surface area (TPSA) is 627 Å². The Hall–Kier alpha value is -6.78. The Morgan fingerprint density at radius 2 is 0.380 bits per heavy atom. The molecule has 21 atom stereocenters. The van der Waals surface area contributed by atoms with E-state index in [-0.39, 0.29) is 0 Å². The Morgan fingerprint density at radius 3 is 0.500 bits per heavy atom. The summed E-state index contributed by atoms with van der Waals surface area (Å²) in [7, 11) is 0. The van der Waals surface area contributed by atoms with Crippen LogP contribution in [0.5, 0.6) is 0 Å². The van der Waals surface area contributed by atoms with Gasteiger partial charge in [0.05, 0.1) is 130 Å². The maximum atomic E-state index is 13.6. The summed E-state index contributed by atoms with van der Waals surface area (Å²) in [5.74, 6) is -28.2. The minimum absolute atomic E-state index is 0.609. The van der Waals surface area contributed by atoms with Gasteiger partial charge in [-0.25, -0.2) is 4.79 Å². The molecule has 0 rings (SSSR count). The largest absolute Gasteiger partial charge is 0.480 e. The van der Waals surface area contributed by atoms with Crippen molar-refractivity contribution in [2.24, 2.45) is 41.4 Å². The number of carbonyl (C=O) groups is 14. The third-order valence-electron chi connectivity index (χ3n) is 14.8. The standard InChI is InChI=1S/C56H93N7O29/c1-22(15-64)49(84)57-42(23(2)71)36(78)9-30(16-65)50(85)58-43(24(3)72)37(79)10-31(17-66)51(86)59-44(25(4)73)38(80)11-32(18-67)52(87)60-45(26(5)74)39(81)12-33(19-68)53(88)61-46(27(6)75)40(82)13-34(20-69)54(89)62-47(28(7)76)41(83)14-35(21-70)55(90)63-48(29(8)77)56(91)92/h22-35,42-48,64-77H,9-21H2,1-8H3,(H,57,84)(H,58,85)(H,59,86)(H,60,87)(H,61,88)(H,62,89)(H,63,90)(H,91,92). The van der Waals surface area contributed by atoms with Gasteiger partial charge in [-0.2, -0.15) is 0 Å². The van der Waals surface area contributed by atoms with Crippen LogP contribution in [-0.2, 0) is 67.1 Å². The van der Waals surface area contributed by atoms with Crippen molar-refractivity contribution in [3.05, 3.63) is 0 Å². The highest BCUT2D eigenvalue weighted by Gasteiger charge is 2.41. The molecule has 21 unspecified atom stereocenters. The number of Topliss-reactive ketones (excluding diaryl/α,β-unsaturated/α-hetero) is 6. The van der Waals surface area contributed by atoms with E-state index >= 15 is 0 Å². The van der Waals surface area contributed by atoms with Crippen LogP contribution in [0.4, 0.5) is 0 Å². The van der Waals surface area contributed by atoms with E-state index in [9.17, 15) is 144 Å². The lowest BCUT2D eigenvalue weighted by atomic mass is 9.91. The molecule has 0 aromatic carbocycles. The molecule has 22 N–H and O–H groups in total. The Balaban J connectivity index is 6.17. The molecule has 0 saturated carbocycles. The number of nitrogens with one attached hydrogen (secondary N) is 7. The summed E-state index contributed by atoms with van der Waals surface area (Å²) >= 11 is 0. The Labute approximate surface area is 528 Å². The number of hydrogen-bond acceptors (Lipinski definition) is 28. The molecule has 36 heteroatoms. The molecular formula is C56H93N7O29.